The Labute approximate surface area is 161 Å². The summed E-state index contributed by atoms with van der Waals surface area (Å²) in [5.74, 6) is 0. The Morgan fingerprint density at radius 3 is 1.70 bits per heavy atom. The Balaban J connectivity index is 2.17. The smallest absolute Gasteiger partial charge is 0.450 e. The molecule has 3 aromatic carbocycles. The maximum absolute atomic E-state index is 11.6. The van der Waals surface area contributed by atoms with Gasteiger partial charge in [-0.15, -0.1) is 0 Å². The first-order valence-electron chi connectivity index (χ1n) is 9.05. The lowest BCUT2D eigenvalue weighted by Crippen LogP contribution is -2.50. The summed E-state index contributed by atoms with van der Waals surface area (Å²) < 4.78 is 5.51. The van der Waals surface area contributed by atoms with Gasteiger partial charge in [-0.1, -0.05) is 109 Å². The Kier molecular flexibility index (Phi) is 5.77. The number of benzene rings is 3. The molecule has 0 heterocycles. The highest BCUT2D eigenvalue weighted by molar-refractivity contribution is 6.91. The second-order valence-corrected chi connectivity index (χ2v) is 11.8. The van der Waals surface area contributed by atoms with Gasteiger partial charge in [0.15, 0.2) is 0 Å². The summed E-state index contributed by atoms with van der Waals surface area (Å²) in [5.41, 5.74) is 1.93. The first-order valence-corrected chi connectivity index (χ1v) is 12.1. The molecule has 27 heavy (non-hydrogen) atoms. The lowest BCUT2D eigenvalue weighted by Gasteiger charge is -2.38. The monoisotopic (exact) mass is 376 g/mol. The van der Waals surface area contributed by atoms with Gasteiger partial charge in [0.25, 0.3) is 0 Å². The summed E-state index contributed by atoms with van der Waals surface area (Å²) in [6.07, 6.45) is -1.81. The molecule has 0 aliphatic carbocycles. The molecular formula is C23H24O3Si. The largest absolute Gasteiger partial charge is 0.506 e. The van der Waals surface area contributed by atoms with Crippen LogP contribution >= 0.6 is 0 Å². The van der Waals surface area contributed by atoms with Gasteiger partial charge in [-0.25, -0.2) is 4.79 Å². The number of hydrogen-bond acceptors (Lipinski definition) is 2. The van der Waals surface area contributed by atoms with Gasteiger partial charge >= 0.3 is 6.16 Å². The number of rotatable bonds is 6. The summed E-state index contributed by atoms with van der Waals surface area (Å²) in [4.78, 5) is 11.6. The molecule has 0 amide bonds. The van der Waals surface area contributed by atoms with Crippen molar-refractivity contribution in [2.75, 3.05) is 0 Å². The molecule has 2 atom stereocenters. The van der Waals surface area contributed by atoms with Gasteiger partial charge in [0.2, 0.25) is 0 Å². The summed E-state index contributed by atoms with van der Waals surface area (Å²) in [7, 11) is -2.15. The van der Waals surface area contributed by atoms with E-state index in [1.165, 1.54) is 5.19 Å². The highest BCUT2D eigenvalue weighted by atomic mass is 28.3. The van der Waals surface area contributed by atoms with Gasteiger partial charge in [0, 0.05) is 5.54 Å². The fourth-order valence-electron chi connectivity index (χ4n) is 3.76. The van der Waals surface area contributed by atoms with E-state index in [0.717, 1.165) is 11.1 Å². The van der Waals surface area contributed by atoms with Crippen LogP contribution in [0, 0.1) is 0 Å². The molecule has 3 nitrogen and oxygen atoms in total. The average molecular weight is 377 g/mol. The fraction of sp³-hybridized carbons (Fsp3) is 0.174. The van der Waals surface area contributed by atoms with Gasteiger partial charge in [0.1, 0.15) is 6.10 Å². The summed E-state index contributed by atoms with van der Waals surface area (Å²) in [5, 5.41) is 10.7. The molecule has 0 radical (unpaired) electrons. The lowest BCUT2D eigenvalue weighted by molar-refractivity contribution is 0.0480. The Morgan fingerprint density at radius 1 is 0.778 bits per heavy atom. The third-order valence-electron chi connectivity index (χ3n) is 5.11. The van der Waals surface area contributed by atoms with Crippen LogP contribution in [-0.2, 0) is 4.74 Å². The molecule has 3 aromatic rings. The summed E-state index contributed by atoms with van der Waals surface area (Å²) in [6.45, 7) is 4.56. The van der Waals surface area contributed by atoms with Crippen LogP contribution in [0.2, 0.25) is 13.1 Å². The van der Waals surface area contributed by atoms with Gasteiger partial charge in [-0.2, -0.15) is 0 Å². The van der Waals surface area contributed by atoms with Crippen LogP contribution in [0.5, 0.6) is 0 Å². The molecule has 0 aliphatic rings. The van der Waals surface area contributed by atoms with Crippen LogP contribution in [0.3, 0.4) is 0 Å². The van der Waals surface area contributed by atoms with E-state index in [0.29, 0.717) is 0 Å². The molecular weight excluding hydrogens is 352 g/mol. The molecule has 0 saturated carbocycles. The van der Waals surface area contributed by atoms with Crippen LogP contribution < -0.4 is 5.19 Å². The van der Waals surface area contributed by atoms with Crippen LogP contribution in [0.15, 0.2) is 91.0 Å². The van der Waals surface area contributed by atoms with Crippen molar-refractivity contribution in [3.63, 3.8) is 0 Å². The van der Waals surface area contributed by atoms with E-state index < -0.39 is 20.3 Å². The van der Waals surface area contributed by atoms with Crippen LogP contribution in [0.25, 0.3) is 0 Å². The SMILES string of the molecule is C[Si](C)(c1ccccc1)C(c1ccccc1)C(OC(=O)O)c1ccccc1. The number of hydrogen-bond donors (Lipinski definition) is 1. The van der Waals surface area contributed by atoms with Crippen molar-refractivity contribution < 1.29 is 14.6 Å². The van der Waals surface area contributed by atoms with E-state index in [2.05, 4.69) is 37.4 Å². The molecule has 0 spiro atoms. The van der Waals surface area contributed by atoms with E-state index in [1.54, 1.807) is 0 Å². The molecule has 0 bridgehead atoms. The highest BCUT2D eigenvalue weighted by Crippen LogP contribution is 2.40. The Bertz CT molecular complexity index is 864. The van der Waals surface area contributed by atoms with Crippen LogP contribution in [0.4, 0.5) is 4.79 Å². The first kappa shape index (κ1) is 18.9. The summed E-state index contributed by atoms with van der Waals surface area (Å²) >= 11 is 0. The topological polar surface area (TPSA) is 46.5 Å². The van der Waals surface area contributed by atoms with Gasteiger partial charge in [-0.05, 0) is 11.1 Å². The van der Waals surface area contributed by atoms with Crippen molar-refractivity contribution in [3.05, 3.63) is 102 Å². The zero-order chi connectivity index (χ0) is 19.3. The molecule has 0 aliphatic heterocycles. The molecule has 138 valence electrons. The fourth-order valence-corrected chi connectivity index (χ4v) is 7.21. The minimum atomic E-state index is -2.15. The minimum absolute atomic E-state index is 0.0559. The van der Waals surface area contributed by atoms with Gasteiger partial charge in [-0.3, -0.25) is 0 Å². The standard InChI is InChI=1S/C23H24O3Si/c1-27(2,20-16-10-5-11-17-20)22(19-14-8-4-9-15-19)21(26-23(24)25)18-12-6-3-7-13-18/h3-17,21-22H,1-2H3,(H,24,25). The number of carboxylic acid groups (broad SMARTS) is 1. The molecule has 3 rings (SSSR count). The normalized spacial score (nSPS) is 13.6. The van der Waals surface area contributed by atoms with E-state index >= 15 is 0 Å². The first-order chi connectivity index (χ1) is 13.0. The van der Waals surface area contributed by atoms with Crippen LogP contribution in [-0.4, -0.2) is 19.3 Å². The third-order valence-corrected chi connectivity index (χ3v) is 9.13. The van der Waals surface area contributed by atoms with E-state index in [4.69, 9.17) is 4.74 Å². The van der Waals surface area contributed by atoms with Crippen molar-refractivity contribution in [2.24, 2.45) is 0 Å². The lowest BCUT2D eigenvalue weighted by atomic mass is 10.0. The van der Waals surface area contributed by atoms with Crippen molar-refractivity contribution in [3.8, 4) is 0 Å². The second-order valence-electron chi connectivity index (χ2n) is 7.19. The van der Waals surface area contributed by atoms with E-state index in [9.17, 15) is 9.90 Å². The predicted molar refractivity (Wildman–Crippen MR) is 111 cm³/mol. The Morgan fingerprint density at radius 2 is 1.22 bits per heavy atom. The maximum atomic E-state index is 11.6. The zero-order valence-corrected chi connectivity index (χ0v) is 16.6. The van der Waals surface area contributed by atoms with Crippen molar-refractivity contribution >= 4 is 19.4 Å². The van der Waals surface area contributed by atoms with Crippen LogP contribution in [0.1, 0.15) is 22.8 Å². The van der Waals surface area contributed by atoms with Gasteiger partial charge < -0.3 is 9.84 Å². The maximum Gasteiger partial charge on any atom is 0.506 e. The quantitative estimate of drug-likeness (QED) is 0.465. The van der Waals surface area contributed by atoms with Crippen molar-refractivity contribution in [1.82, 2.24) is 0 Å². The third kappa shape index (κ3) is 4.29. The number of ether oxygens (including phenoxy) is 1. The predicted octanol–water partition coefficient (Wildman–Crippen LogP) is 5.36. The average Bonchev–Trinajstić information content (AvgIpc) is 2.69. The van der Waals surface area contributed by atoms with E-state index in [-0.39, 0.29) is 5.54 Å². The van der Waals surface area contributed by atoms with E-state index in [1.807, 2.05) is 66.7 Å². The van der Waals surface area contributed by atoms with Crippen molar-refractivity contribution in [2.45, 2.75) is 24.7 Å². The number of carbonyl (C=O) groups is 1. The molecule has 2 unspecified atom stereocenters. The Hall–Kier alpha value is -2.85. The molecule has 1 N–H and O–H groups in total. The van der Waals surface area contributed by atoms with Gasteiger partial charge in [0.05, 0.1) is 8.07 Å². The molecule has 0 aromatic heterocycles. The summed E-state index contributed by atoms with van der Waals surface area (Å²) in [6, 6.07) is 30.2. The second kappa shape index (κ2) is 8.23. The molecule has 4 heteroatoms. The zero-order valence-electron chi connectivity index (χ0n) is 15.6. The van der Waals surface area contributed by atoms with Crippen molar-refractivity contribution in [1.29, 1.82) is 0 Å². The molecule has 0 fully saturated rings. The molecule has 0 saturated heterocycles. The minimum Gasteiger partial charge on any atom is -0.450 e. The highest BCUT2D eigenvalue weighted by Gasteiger charge is 2.42.